The number of methoxy groups -OCH3 is 2. The molecule has 1 saturated heterocycles. The van der Waals surface area contributed by atoms with Gasteiger partial charge in [-0.05, 0) is 35.6 Å². The van der Waals surface area contributed by atoms with Gasteiger partial charge in [-0.15, -0.1) is 0 Å². The Morgan fingerprint density at radius 1 is 1.05 bits per heavy atom. The van der Waals surface area contributed by atoms with Gasteiger partial charge >= 0.3 is 5.97 Å². The van der Waals surface area contributed by atoms with Crippen molar-refractivity contribution in [1.29, 1.82) is 0 Å². The average molecular weight is 550 g/mol. The Kier molecular flexibility index (Phi) is 8.23. The Balaban J connectivity index is 1.51. The Hall–Kier alpha value is -3.76. The van der Waals surface area contributed by atoms with Crippen molar-refractivity contribution in [2.24, 2.45) is 4.99 Å². The van der Waals surface area contributed by atoms with Crippen LogP contribution in [0.3, 0.4) is 0 Å². The van der Waals surface area contributed by atoms with Gasteiger partial charge in [-0.1, -0.05) is 42.1 Å². The monoisotopic (exact) mass is 549 g/mol. The van der Waals surface area contributed by atoms with Gasteiger partial charge in [0, 0.05) is 24.9 Å². The topological polar surface area (TPSA) is 89.9 Å². The van der Waals surface area contributed by atoms with Crippen LogP contribution in [0.15, 0.2) is 75.9 Å². The largest absolute Gasteiger partial charge is 0.497 e. The van der Waals surface area contributed by atoms with Crippen LogP contribution >= 0.6 is 11.8 Å². The number of amides is 1. The normalized spacial score (nSPS) is 18.8. The second-order valence-corrected chi connectivity index (χ2v) is 10.1. The summed E-state index contributed by atoms with van der Waals surface area (Å²) in [7, 11) is 3.17. The minimum absolute atomic E-state index is 0.00727. The van der Waals surface area contributed by atoms with Gasteiger partial charge < -0.3 is 28.7 Å². The van der Waals surface area contributed by atoms with Crippen LogP contribution in [0.25, 0.3) is 0 Å². The van der Waals surface area contributed by atoms with Gasteiger partial charge in [0.15, 0.2) is 5.17 Å². The molecule has 3 aliphatic heterocycles. The molecule has 3 heterocycles. The molecule has 0 radical (unpaired) electrons. The van der Waals surface area contributed by atoms with Gasteiger partial charge in [0.25, 0.3) is 0 Å². The second-order valence-electron chi connectivity index (χ2n) is 9.27. The Labute approximate surface area is 232 Å². The number of fused-ring (bicyclic) bond motifs is 1. The molecule has 0 unspecified atom stereocenters. The van der Waals surface area contributed by atoms with Crippen molar-refractivity contribution < 1.29 is 28.5 Å². The molecule has 0 saturated carbocycles. The minimum Gasteiger partial charge on any atom is -0.497 e. The summed E-state index contributed by atoms with van der Waals surface area (Å²) in [6.45, 7) is 4.13. The van der Waals surface area contributed by atoms with E-state index in [2.05, 4.69) is 0 Å². The fourth-order valence-electron chi connectivity index (χ4n) is 4.81. The van der Waals surface area contributed by atoms with E-state index in [9.17, 15) is 9.59 Å². The predicted molar refractivity (Wildman–Crippen MR) is 148 cm³/mol. The van der Waals surface area contributed by atoms with Gasteiger partial charge in [-0.3, -0.25) is 4.79 Å². The number of rotatable bonds is 8. The van der Waals surface area contributed by atoms with Gasteiger partial charge in [-0.2, -0.15) is 0 Å². The molecule has 39 heavy (non-hydrogen) atoms. The van der Waals surface area contributed by atoms with Gasteiger partial charge in [0.2, 0.25) is 5.91 Å². The maximum atomic E-state index is 13.7. The average Bonchev–Trinajstić information content (AvgIpc) is 3.37. The van der Waals surface area contributed by atoms with Crippen molar-refractivity contribution >= 4 is 28.8 Å². The molecule has 5 rings (SSSR count). The number of carbonyl (C=O) groups excluding carboxylic acids is 2. The van der Waals surface area contributed by atoms with E-state index in [4.69, 9.17) is 23.9 Å². The summed E-state index contributed by atoms with van der Waals surface area (Å²) in [5.74, 6) is 0.712. The number of carbonyl (C=O) groups is 2. The number of thioether (sulfide) groups is 1. The zero-order chi connectivity index (χ0) is 27.4. The third kappa shape index (κ3) is 5.81. The standard InChI is InChI=1S/C29H31N3O6S/c1-19-26(28(34)38-17-20-7-5-4-6-8-20)27(21-13-23(35-2)16-24(14-21)36-3)32-22(18-39-29(32)30-19)15-25(33)31-9-11-37-12-10-31/h4-8,13-14,16,18,27H,9-12,15,17H2,1-3H3/t27-/m0/s1. The molecule has 0 aliphatic carbocycles. The number of aliphatic imine (C=N–C) groups is 1. The van der Waals surface area contributed by atoms with Crippen molar-refractivity contribution in [3.8, 4) is 11.5 Å². The molecule has 3 aliphatic rings. The Bertz CT molecular complexity index is 1310. The molecule has 204 valence electrons. The van der Waals surface area contributed by atoms with Crippen molar-refractivity contribution in [3.63, 3.8) is 0 Å². The molecule has 9 nitrogen and oxygen atoms in total. The quantitative estimate of drug-likeness (QED) is 0.451. The lowest BCUT2D eigenvalue weighted by molar-refractivity contribution is -0.141. The van der Waals surface area contributed by atoms with E-state index >= 15 is 0 Å². The summed E-state index contributed by atoms with van der Waals surface area (Å²) in [5, 5.41) is 2.64. The highest BCUT2D eigenvalue weighted by Gasteiger charge is 2.42. The summed E-state index contributed by atoms with van der Waals surface area (Å²) in [5.41, 5.74) is 3.38. The fraction of sp³-hybridized carbons (Fsp3) is 0.345. The highest BCUT2D eigenvalue weighted by molar-refractivity contribution is 8.16. The number of hydrogen-bond acceptors (Lipinski definition) is 9. The molecule has 1 amide bonds. The molecule has 0 spiro atoms. The first-order valence-electron chi connectivity index (χ1n) is 12.7. The first kappa shape index (κ1) is 26.8. The summed E-state index contributed by atoms with van der Waals surface area (Å²) in [6.07, 6.45) is 0.176. The van der Waals surface area contributed by atoms with Crippen LogP contribution in [0.4, 0.5) is 0 Å². The molecular formula is C29H31N3O6S. The van der Waals surface area contributed by atoms with Crippen LogP contribution in [0.1, 0.15) is 30.5 Å². The number of benzene rings is 2. The first-order chi connectivity index (χ1) is 19.0. The maximum absolute atomic E-state index is 13.7. The van der Waals surface area contributed by atoms with Gasteiger partial charge in [0.1, 0.15) is 18.1 Å². The molecule has 10 heteroatoms. The summed E-state index contributed by atoms with van der Waals surface area (Å²) in [6, 6.07) is 14.5. The van der Waals surface area contributed by atoms with Crippen molar-refractivity contribution in [2.75, 3.05) is 40.5 Å². The van der Waals surface area contributed by atoms with E-state index in [-0.39, 0.29) is 18.9 Å². The Morgan fingerprint density at radius 3 is 2.41 bits per heavy atom. The molecule has 0 aromatic heterocycles. The van der Waals surface area contributed by atoms with Crippen LogP contribution in [0.5, 0.6) is 11.5 Å². The zero-order valence-corrected chi connectivity index (χ0v) is 23.0. The number of hydrogen-bond donors (Lipinski definition) is 0. The number of nitrogens with zero attached hydrogens (tertiary/aromatic N) is 3. The van der Waals surface area contributed by atoms with Crippen LogP contribution < -0.4 is 9.47 Å². The maximum Gasteiger partial charge on any atom is 0.338 e. The second kappa shape index (κ2) is 12.0. The lowest BCUT2D eigenvalue weighted by atomic mass is 9.93. The molecule has 1 atom stereocenters. The molecular weight excluding hydrogens is 518 g/mol. The van der Waals surface area contributed by atoms with E-state index in [1.165, 1.54) is 11.8 Å². The lowest BCUT2D eigenvalue weighted by Gasteiger charge is -2.37. The van der Waals surface area contributed by atoms with E-state index in [0.29, 0.717) is 54.2 Å². The van der Waals surface area contributed by atoms with Crippen molar-refractivity contribution in [1.82, 2.24) is 9.80 Å². The van der Waals surface area contributed by atoms with Crippen LogP contribution in [0.2, 0.25) is 0 Å². The first-order valence-corrected chi connectivity index (χ1v) is 13.6. The van der Waals surface area contributed by atoms with E-state index < -0.39 is 12.0 Å². The number of amidine groups is 1. The third-order valence-corrected chi connectivity index (χ3v) is 7.71. The van der Waals surface area contributed by atoms with E-state index in [1.54, 1.807) is 20.3 Å². The van der Waals surface area contributed by atoms with Gasteiger partial charge in [0.05, 0.1) is 51.2 Å². The van der Waals surface area contributed by atoms with Crippen LogP contribution in [-0.4, -0.2) is 67.4 Å². The van der Waals surface area contributed by atoms with Crippen molar-refractivity contribution in [3.05, 3.63) is 82.0 Å². The highest BCUT2D eigenvalue weighted by atomic mass is 32.2. The van der Waals surface area contributed by atoms with E-state index in [1.807, 2.05) is 64.6 Å². The van der Waals surface area contributed by atoms with Gasteiger partial charge in [-0.25, -0.2) is 9.79 Å². The smallest absolute Gasteiger partial charge is 0.338 e. The third-order valence-electron chi connectivity index (χ3n) is 6.82. The summed E-state index contributed by atoms with van der Waals surface area (Å²) in [4.78, 5) is 35.4. The molecule has 2 aromatic carbocycles. The number of esters is 1. The minimum atomic E-state index is -0.594. The lowest BCUT2D eigenvalue weighted by Crippen LogP contribution is -2.42. The van der Waals surface area contributed by atoms with Crippen LogP contribution in [-0.2, 0) is 25.7 Å². The molecule has 0 bridgehead atoms. The van der Waals surface area contributed by atoms with Crippen LogP contribution in [0, 0.1) is 0 Å². The summed E-state index contributed by atoms with van der Waals surface area (Å²) >= 11 is 1.44. The number of morpholine rings is 1. The molecule has 0 N–H and O–H groups in total. The highest BCUT2D eigenvalue weighted by Crippen LogP contribution is 2.46. The fourth-order valence-corrected chi connectivity index (χ4v) is 5.78. The molecule has 2 aromatic rings. The predicted octanol–water partition coefficient (Wildman–Crippen LogP) is 4.27. The zero-order valence-electron chi connectivity index (χ0n) is 22.2. The summed E-state index contributed by atoms with van der Waals surface area (Å²) < 4.78 is 22.3. The number of ether oxygens (including phenoxy) is 4. The SMILES string of the molecule is COc1cc(OC)cc([C@H]2C(C(=O)OCc3ccccc3)=C(C)N=C3SC=C(CC(=O)N4CCOCC4)N32)c1. The number of allylic oxidation sites excluding steroid dienone is 1. The Morgan fingerprint density at radius 2 is 1.74 bits per heavy atom. The van der Waals surface area contributed by atoms with Crippen molar-refractivity contribution in [2.45, 2.75) is 26.0 Å². The molecule has 1 fully saturated rings. The van der Waals surface area contributed by atoms with E-state index in [0.717, 1.165) is 16.8 Å².